The van der Waals surface area contributed by atoms with Crippen molar-refractivity contribution in [2.24, 2.45) is 5.14 Å². The van der Waals surface area contributed by atoms with Gasteiger partial charge < -0.3 is 4.90 Å². The van der Waals surface area contributed by atoms with E-state index in [2.05, 4.69) is 4.98 Å². The molecule has 0 saturated heterocycles. The standard InChI is InChI=1S/C14H17N3O2S/c1-11-5-7-12(8-6-11)10-17(2)14-13(20(15,18)19)4-3-9-16-14/h3-9H,10H2,1-2H3,(H2,15,18,19). The van der Waals surface area contributed by atoms with Crippen LogP contribution in [0.2, 0.25) is 0 Å². The molecule has 2 aromatic rings. The summed E-state index contributed by atoms with van der Waals surface area (Å²) in [6.07, 6.45) is 1.55. The van der Waals surface area contributed by atoms with Gasteiger partial charge >= 0.3 is 0 Å². The minimum Gasteiger partial charge on any atom is -0.354 e. The Hall–Kier alpha value is -1.92. The average Bonchev–Trinajstić information content (AvgIpc) is 2.40. The largest absolute Gasteiger partial charge is 0.354 e. The molecule has 0 unspecified atom stereocenters. The predicted octanol–water partition coefficient (Wildman–Crippen LogP) is 1.67. The molecule has 0 aliphatic carbocycles. The van der Waals surface area contributed by atoms with Crippen LogP contribution in [0.25, 0.3) is 0 Å². The summed E-state index contributed by atoms with van der Waals surface area (Å²) in [4.78, 5) is 5.93. The van der Waals surface area contributed by atoms with Gasteiger partial charge in [0.2, 0.25) is 10.0 Å². The Kier molecular flexibility index (Phi) is 4.06. The van der Waals surface area contributed by atoms with Crippen LogP contribution in [0.5, 0.6) is 0 Å². The van der Waals surface area contributed by atoms with Gasteiger partial charge in [-0.1, -0.05) is 29.8 Å². The molecule has 0 atom stereocenters. The Bertz CT molecular complexity index is 697. The molecular weight excluding hydrogens is 274 g/mol. The Labute approximate surface area is 119 Å². The molecule has 2 rings (SSSR count). The van der Waals surface area contributed by atoms with Crippen molar-refractivity contribution in [3.05, 3.63) is 53.7 Å². The van der Waals surface area contributed by atoms with E-state index in [1.165, 1.54) is 11.6 Å². The third kappa shape index (κ3) is 3.34. The molecule has 2 N–H and O–H groups in total. The molecule has 106 valence electrons. The Morgan fingerprint density at radius 2 is 1.85 bits per heavy atom. The summed E-state index contributed by atoms with van der Waals surface area (Å²) in [5, 5.41) is 5.21. The molecule has 20 heavy (non-hydrogen) atoms. The van der Waals surface area contributed by atoms with Gasteiger partial charge in [-0.2, -0.15) is 0 Å². The lowest BCUT2D eigenvalue weighted by atomic mass is 10.1. The molecule has 1 aromatic carbocycles. The molecule has 0 spiro atoms. The van der Waals surface area contributed by atoms with Crippen molar-refractivity contribution in [3.8, 4) is 0 Å². The number of anilines is 1. The fourth-order valence-corrected chi connectivity index (χ4v) is 2.66. The number of rotatable bonds is 4. The molecular formula is C14H17N3O2S. The molecule has 0 aliphatic heterocycles. The summed E-state index contributed by atoms with van der Waals surface area (Å²) >= 11 is 0. The van der Waals surface area contributed by atoms with Crippen molar-refractivity contribution in [1.29, 1.82) is 0 Å². The first-order valence-corrected chi connectivity index (χ1v) is 7.67. The van der Waals surface area contributed by atoms with Gasteiger partial charge in [0, 0.05) is 19.8 Å². The second-order valence-corrected chi connectivity index (χ2v) is 6.24. The van der Waals surface area contributed by atoms with Crippen molar-refractivity contribution in [2.45, 2.75) is 18.4 Å². The highest BCUT2D eigenvalue weighted by atomic mass is 32.2. The number of pyridine rings is 1. The zero-order chi connectivity index (χ0) is 14.8. The molecule has 0 radical (unpaired) electrons. The first-order chi connectivity index (χ1) is 9.38. The molecule has 0 bridgehead atoms. The molecule has 6 heteroatoms. The zero-order valence-electron chi connectivity index (χ0n) is 11.4. The van der Waals surface area contributed by atoms with Gasteiger partial charge in [0.25, 0.3) is 0 Å². The topological polar surface area (TPSA) is 76.3 Å². The number of benzene rings is 1. The lowest BCUT2D eigenvalue weighted by Crippen LogP contribution is -2.23. The molecule has 0 aliphatic rings. The third-order valence-corrected chi connectivity index (χ3v) is 3.89. The second kappa shape index (κ2) is 5.60. The van der Waals surface area contributed by atoms with Crippen LogP contribution in [0.15, 0.2) is 47.5 Å². The Morgan fingerprint density at radius 1 is 1.20 bits per heavy atom. The van der Waals surface area contributed by atoms with E-state index < -0.39 is 10.0 Å². The van der Waals surface area contributed by atoms with Crippen LogP contribution in [-0.2, 0) is 16.6 Å². The Morgan fingerprint density at radius 3 is 2.45 bits per heavy atom. The van der Waals surface area contributed by atoms with Gasteiger partial charge in [-0.05, 0) is 24.6 Å². The van der Waals surface area contributed by atoms with Crippen LogP contribution in [-0.4, -0.2) is 20.4 Å². The van der Waals surface area contributed by atoms with Crippen molar-refractivity contribution in [1.82, 2.24) is 4.98 Å². The molecule has 0 saturated carbocycles. The third-order valence-electron chi connectivity index (χ3n) is 2.96. The van der Waals surface area contributed by atoms with E-state index in [-0.39, 0.29) is 4.90 Å². The maximum absolute atomic E-state index is 11.6. The number of nitrogens with zero attached hydrogens (tertiary/aromatic N) is 2. The molecule has 5 nitrogen and oxygen atoms in total. The molecule has 0 fully saturated rings. The summed E-state index contributed by atoms with van der Waals surface area (Å²) in [7, 11) is -1.99. The lowest BCUT2D eigenvalue weighted by Gasteiger charge is -2.20. The van der Waals surface area contributed by atoms with Crippen LogP contribution >= 0.6 is 0 Å². The second-order valence-electron chi connectivity index (χ2n) is 4.71. The van der Waals surface area contributed by atoms with Gasteiger partial charge in [-0.15, -0.1) is 0 Å². The molecule has 1 aromatic heterocycles. The van der Waals surface area contributed by atoms with E-state index in [0.29, 0.717) is 12.4 Å². The van der Waals surface area contributed by atoms with Gasteiger partial charge in [0.1, 0.15) is 10.7 Å². The van der Waals surface area contributed by atoms with Crippen molar-refractivity contribution < 1.29 is 8.42 Å². The normalized spacial score (nSPS) is 11.3. The fraction of sp³-hybridized carbons (Fsp3) is 0.214. The first-order valence-electron chi connectivity index (χ1n) is 6.12. The van der Waals surface area contributed by atoms with Crippen LogP contribution in [0.1, 0.15) is 11.1 Å². The van der Waals surface area contributed by atoms with E-state index in [0.717, 1.165) is 5.56 Å². The smallest absolute Gasteiger partial charge is 0.241 e. The zero-order valence-corrected chi connectivity index (χ0v) is 12.3. The Balaban J connectivity index is 2.30. The molecule has 0 amide bonds. The lowest BCUT2D eigenvalue weighted by molar-refractivity contribution is 0.597. The number of aryl methyl sites for hydroxylation is 1. The highest BCUT2D eigenvalue weighted by Gasteiger charge is 2.17. The number of primary sulfonamides is 1. The first kappa shape index (κ1) is 14.5. The van der Waals surface area contributed by atoms with Gasteiger partial charge in [-0.3, -0.25) is 0 Å². The number of aromatic nitrogens is 1. The minimum absolute atomic E-state index is 0.0367. The highest BCUT2D eigenvalue weighted by Crippen LogP contribution is 2.21. The van der Waals surface area contributed by atoms with Crippen molar-refractivity contribution >= 4 is 15.8 Å². The summed E-state index contributed by atoms with van der Waals surface area (Å²) in [6.45, 7) is 2.57. The van der Waals surface area contributed by atoms with Gasteiger partial charge in [-0.25, -0.2) is 18.5 Å². The van der Waals surface area contributed by atoms with Crippen LogP contribution in [0.3, 0.4) is 0 Å². The minimum atomic E-state index is -3.78. The predicted molar refractivity (Wildman–Crippen MR) is 78.9 cm³/mol. The van der Waals surface area contributed by atoms with Crippen LogP contribution in [0, 0.1) is 6.92 Å². The summed E-state index contributed by atoms with van der Waals surface area (Å²) in [5.41, 5.74) is 2.25. The van der Waals surface area contributed by atoms with Crippen LogP contribution in [0.4, 0.5) is 5.82 Å². The molecule has 1 heterocycles. The van der Waals surface area contributed by atoms with Crippen molar-refractivity contribution in [3.63, 3.8) is 0 Å². The number of hydrogen-bond acceptors (Lipinski definition) is 4. The maximum atomic E-state index is 11.6. The number of sulfonamides is 1. The fourth-order valence-electron chi connectivity index (χ4n) is 1.93. The van der Waals surface area contributed by atoms with E-state index >= 15 is 0 Å². The number of nitrogens with two attached hydrogens (primary N) is 1. The summed E-state index contributed by atoms with van der Waals surface area (Å²) < 4.78 is 23.1. The van der Waals surface area contributed by atoms with E-state index in [9.17, 15) is 8.42 Å². The summed E-state index contributed by atoms with van der Waals surface area (Å²) in [5.74, 6) is 0.357. The summed E-state index contributed by atoms with van der Waals surface area (Å²) in [6, 6.07) is 11.1. The van der Waals surface area contributed by atoms with Gasteiger partial charge in [0.05, 0.1) is 0 Å². The average molecular weight is 291 g/mol. The monoisotopic (exact) mass is 291 g/mol. The number of hydrogen-bond donors (Lipinski definition) is 1. The maximum Gasteiger partial charge on any atom is 0.241 e. The van der Waals surface area contributed by atoms with E-state index in [1.807, 2.05) is 31.2 Å². The van der Waals surface area contributed by atoms with E-state index in [4.69, 9.17) is 5.14 Å². The SMILES string of the molecule is Cc1ccc(CN(C)c2ncccc2S(N)(=O)=O)cc1. The van der Waals surface area contributed by atoms with Crippen LogP contribution < -0.4 is 10.0 Å². The van der Waals surface area contributed by atoms with Crippen molar-refractivity contribution in [2.75, 3.05) is 11.9 Å². The highest BCUT2D eigenvalue weighted by molar-refractivity contribution is 7.89. The van der Waals surface area contributed by atoms with Gasteiger partial charge in [0.15, 0.2) is 0 Å². The van der Waals surface area contributed by atoms with E-state index in [1.54, 1.807) is 24.2 Å². The quantitative estimate of drug-likeness (QED) is 0.929.